The van der Waals surface area contributed by atoms with Gasteiger partial charge in [-0.3, -0.25) is 4.79 Å². The van der Waals surface area contributed by atoms with E-state index in [2.05, 4.69) is 41.5 Å². The summed E-state index contributed by atoms with van der Waals surface area (Å²) in [5.74, 6) is 0.661. The normalized spacial score (nSPS) is 11.3. The Bertz CT molecular complexity index is 1170. The maximum absolute atomic E-state index is 12.6. The fourth-order valence-electron chi connectivity index (χ4n) is 3.69. The van der Waals surface area contributed by atoms with Gasteiger partial charge in [0.2, 0.25) is 0 Å². The zero-order chi connectivity index (χ0) is 22.9. The van der Waals surface area contributed by atoms with Gasteiger partial charge in [0, 0.05) is 22.3 Å². The number of carbonyl (C=O) groups is 1. The molecule has 4 rings (SSSR count). The van der Waals surface area contributed by atoms with Crippen LogP contribution in [0.4, 0.5) is 0 Å². The van der Waals surface area contributed by atoms with Crippen molar-refractivity contribution in [2.75, 3.05) is 7.11 Å². The van der Waals surface area contributed by atoms with Gasteiger partial charge in [0.25, 0.3) is 0 Å². The van der Waals surface area contributed by atoms with E-state index in [1.54, 1.807) is 7.11 Å². The highest BCUT2D eigenvalue weighted by Crippen LogP contribution is 2.46. The van der Waals surface area contributed by atoms with E-state index in [4.69, 9.17) is 9.59 Å². The molecule has 0 aliphatic rings. The van der Waals surface area contributed by atoms with Gasteiger partial charge >= 0.3 is 0 Å². The third-order valence-electron chi connectivity index (χ3n) is 5.31. The van der Waals surface area contributed by atoms with Crippen molar-refractivity contribution in [2.24, 2.45) is 9.96 Å². The number of hydrogen-bond donors (Lipinski definition) is 0. The van der Waals surface area contributed by atoms with Gasteiger partial charge < -0.3 is 4.74 Å². The Hall–Kier alpha value is -3.75. The highest BCUT2D eigenvalue weighted by molar-refractivity contribution is 7.87. The molecular formula is C28H25N2O2P. The first-order valence-corrected chi connectivity index (χ1v) is 12.4. The number of benzene rings is 4. The lowest BCUT2D eigenvalue weighted by atomic mass is 10.1. The monoisotopic (exact) mass is 452 g/mol. The molecule has 0 bridgehead atoms. The molecule has 0 saturated heterocycles. The SMILES string of the molecule is COc1ccc(CC(=O)/C=N/N=P(c2ccccc2)(c2ccccc2)c2ccccc2)cc1. The number of hydrogen-bond acceptors (Lipinski definition) is 3. The lowest BCUT2D eigenvalue weighted by Crippen LogP contribution is -2.25. The highest BCUT2D eigenvalue weighted by atomic mass is 31.2. The summed E-state index contributed by atoms with van der Waals surface area (Å²) in [7, 11) is -0.823. The minimum absolute atomic E-state index is 0.101. The van der Waals surface area contributed by atoms with Crippen LogP contribution in [0, 0.1) is 0 Å². The van der Waals surface area contributed by atoms with Crippen LogP contribution in [0.3, 0.4) is 0 Å². The molecule has 0 heterocycles. The van der Waals surface area contributed by atoms with Gasteiger partial charge in [-0.2, -0.15) is 9.96 Å². The molecule has 0 aromatic heterocycles. The minimum atomic E-state index is -2.44. The molecule has 0 radical (unpaired) electrons. The number of rotatable bonds is 8. The van der Waals surface area contributed by atoms with Crippen LogP contribution in [-0.4, -0.2) is 19.1 Å². The second-order valence-electron chi connectivity index (χ2n) is 7.47. The van der Waals surface area contributed by atoms with Gasteiger partial charge in [-0.25, -0.2) is 0 Å². The predicted molar refractivity (Wildman–Crippen MR) is 138 cm³/mol. The van der Waals surface area contributed by atoms with Gasteiger partial charge in [0.15, 0.2) is 5.78 Å². The summed E-state index contributed by atoms with van der Waals surface area (Å²) >= 11 is 0. The van der Waals surface area contributed by atoms with Crippen LogP contribution in [0.15, 0.2) is 125 Å². The maximum atomic E-state index is 12.6. The summed E-state index contributed by atoms with van der Waals surface area (Å²) < 4.78 is 5.18. The van der Waals surface area contributed by atoms with E-state index < -0.39 is 7.05 Å². The summed E-state index contributed by atoms with van der Waals surface area (Å²) in [5.41, 5.74) is 0.905. The number of ketones is 1. The van der Waals surface area contributed by atoms with Gasteiger partial charge in [-0.15, -0.1) is 0 Å². The largest absolute Gasteiger partial charge is 0.497 e. The molecule has 33 heavy (non-hydrogen) atoms. The molecule has 0 atom stereocenters. The standard InChI is InChI=1S/C28H25N2O2P/c1-32-25-19-17-23(18-20-25)21-24(31)22-29-30-33(26-11-5-2-6-12-26,27-13-7-3-8-14-27)28-15-9-4-10-16-28/h2-20,22H,21H2,1H3/b29-22+. The minimum Gasteiger partial charge on any atom is -0.497 e. The molecule has 164 valence electrons. The molecule has 4 aromatic rings. The molecule has 5 heteroatoms. The maximum Gasteiger partial charge on any atom is 0.180 e. The van der Waals surface area contributed by atoms with E-state index in [1.165, 1.54) is 6.21 Å². The molecule has 0 fully saturated rings. The van der Waals surface area contributed by atoms with E-state index in [0.29, 0.717) is 0 Å². The smallest absolute Gasteiger partial charge is 0.180 e. The number of Topliss-reactive ketones (excluding diaryl/α,β-unsaturated/α-hetero) is 1. The number of carbonyl (C=O) groups excluding carboxylic acids is 1. The zero-order valence-corrected chi connectivity index (χ0v) is 19.3. The Kier molecular flexibility index (Phi) is 7.29. The molecule has 0 spiro atoms. The van der Waals surface area contributed by atoms with Gasteiger partial charge in [-0.1, -0.05) is 103 Å². The lowest BCUT2D eigenvalue weighted by molar-refractivity contribution is -0.112. The van der Waals surface area contributed by atoms with Crippen molar-refractivity contribution in [3.63, 3.8) is 0 Å². The number of methoxy groups -OCH3 is 1. The summed E-state index contributed by atoms with van der Waals surface area (Å²) in [4.78, 5) is 17.5. The third kappa shape index (κ3) is 5.19. The first-order valence-electron chi connectivity index (χ1n) is 10.7. The van der Waals surface area contributed by atoms with E-state index >= 15 is 0 Å². The van der Waals surface area contributed by atoms with Crippen LogP contribution in [0.25, 0.3) is 0 Å². The van der Waals surface area contributed by atoms with Crippen molar-refractivity contribution < 1.29 is 9.53 Å². The van der Waals surface area contributed by atoms with Crippen LogP contribution in [0.1, 0.15) is 5.56 Å². The summed E-state index contributed by atoms with van der Waals surface area (Å²) in [6, 6.07) is 38.1. The molecule has 4 aromatic carbocycles. The second kappa shape index (κ2) is 10.7. The third-order valence-corrected chi connectivity index (χ3v) is 8.82. The zero-order valence-electron chi connectivity index (χ0n) is 18.4. The summed E-state index contributed by atoms with van der Waals surface area (Å²) in [6.45, 7) is 0. The molecular weight excluding hydrogens is 427 g/mol. The molecule has 0 amide bonds. The number of nitrogens with zero attached hydrogens (tertiary/aromatic N) is 2. The Morgan fingerprint density at radius 3 is 1.61 bits per heavy atom. The van der Waals surface area contributed by atoms with Crippen molar-refractivity contribution in [3.8, 4) is 5.75 Å². The van der Waals surface area contributed by atoms with E-state index in [1.807, 2.05) is 78.9 Å². The first kappa shape index (κ1) is 22.4. The van der Waals surface area contributed by atoms with Crippen molar-refractivity contribution >= 4 is 35.0 Å². The molecule has 0 aliphatic heterocycles. The molecule has 4 nitrogen and oxygen atoms in total. The van der Waals surface area contributed by atoms with Crippen LogP contribution >= 0.6 is 7.05 Å². The van der Waals surface area contributed by atoms with Gasteiger partial charge in [0.1, 0.15) is 5.75 Å². The molecule has 0 unspecified atom stereocenters. The van der Waals surface area contributed by atoms with Crippen LogP contribution < -0.4 is 20.7 Å². The summed E-state index contributed by atoms with van der Waals surface area (Å²) in [5, 5.41) is 7.63. The average Bonchev–Trinajstić information content (AvgIpc) is 2.89. The van der Waals surface area contributed by atoms with Gasteiger partial charge in [-0.05, 0) is 17.7 Å². The van der Waals surface area contributed by atoms with Crippen LogP contribution in [0.5, 0.6) is 5.75 Å². The highest BCUT2D eigenvalue weighted by Gasteiger charge is 2.27. The van der Waals surface area contributed by atoms with Crippen LogP contribution in [0.2, 0.25) is 0 Å². The Labute approximate surface area is 194 Å². The average molecular weight is 452 g/mol. The van der Waals surface area contributed by atoms with Crippen molar-refractivity contribution in [2.45, 2.75) is 6.42 Å². The van der Waals surface area contributed by atoms with Gasteiger partial charge in [0.05, 0.1) is 20.4 Å². The number of ether oxygens (including phenoxy) is 1. The first-order chi connectivity index (χ1) is 16.2. The molecule has 0 aliphatic carbocycles. The fraction of sp³-hybridized carbons (Fsp3) is 0.0714. The topological polar surface area (TPSA) is 51.0 Å². The molecule has 0 saturated carbocycles. The Balaban J connectivity index is 1.76. The van der Waals surface area contributed by atoms with Crippen molar-refractivity contribution in [1.82, 2.24) is 0 Å². The van der Waals surface area contributed by atoms with E-state index in [9.17, 15) is 4.79 Å². The molecule has 0 N–H and O–H groups in total. The summed E-state index contributed by atoms with van der Waals surface area (Å²) in [6.07, 6.45) is 1.60. The van der Waals surface area contributed by atoms with E-state index in [0.717, 1.165) is 27.2 Å². The van der Waals surface area contributed by atoms with Crippen molar-refractivity contribution in [1.29, 1.82) is 0 Å². The second-order valence-corrected chi connectivity index (χ2v) is 10.5. The quantitative estimate of drug-likeness (QED) is 0.215. The fourth-order valence-corrected chi connectivity index (χ4v) is 6.91. The van der Waals surface area contributed by atoms with E-state index in [-0.39, 0.29) is 12.2 Å². The lowest BCUT2D eigenvalue weighted by Gasteiger charge is -2.25. The Morgan fingerprint density at radius 1 is 0.727 bits per heavy atom. The Morgan fingerprint density at radius 2 is 1.18 bits per heavy atom. The predicted octanol–water partition coefficient (Wildman–Crippen LogP) is 4.97. The van der Waals surface area contributed by atoms with Crippen molar-refractivity contribution in [3.05, 3.63) is 121 Å². The van der Waals surface area contributed by atoms with Crippen LogP contribution in [-0.2, 0) is 11.2 Å².